The number of aryl methyl sites for hydroxylation is 1. The zero-order chi connectivity index (χ0) is 29.7. The fourth-order valence-electron chi connectivity index (χ4n) is 3.68. The first kappa shape index (κ1) is 29.9. The summed E-state index contributed by atoms with van der Waals surface area (Å²) in [6, 6.07) is 8.65. The minimum absolute atomic E-state index is 0.169. The van der Waals surface area contributed by atoms with Gasteiger partial charge in [-0.15, -0.1) is 10.2 Å². The van der Waals surface area contributed by atoms with Gasteiger partial charge in [-0.1, -0.05) is 6.07 Å². The Bertz CT molecular complexity index is 1600. The molecule has 12 nitrogen and oxygen atoms in total. The summed E-state index contributed by atoms with van der Waals surface area (Å²) in [6.07, 6.45) is 4.28. The number of pyridine rings is 1. The molecule has 0 unspecified atom stereocenters. The Labute approximate surface area is 232 Å². The van der Waals surface area contributed by atoms with Crippen molar-refractivity contribution in [3.05, 3.63) is 54.0 Å². The SMILES string of the molecule is C=NC(=N/C=C(\C)C#N)[C@](C)(F)[C@H](C)S(=O)(=O)Nc1nnc(-c2cncc(C)c2)n1-c1c(OC)cccc1OC. The first-order valence-electron chi connectivity index (χ1n) is 11.8. The Balaban J connectivity index is 2.20. The van der Waals surface area contributed by atoms with Crippen molar-refractivity contribution < 1.29 is 22.3 Å². The largest absolute Gasteiger partial charge is 0.494 e. The van der Waals surface area contributed by atoms with Crippen LogP contribution in [0.4, 0.5) is 10.3 Å². The standard InChI is InChI=1S/C26H29FN8O4S/c1-16-11-19(15-30-13-16)23-32-33-25(35(23)22-20(38-6)9-8-10-21(22)39-7)34-40(36,37)18(3)26(4,27)24(29-5)31-14-17(2)12-28/h8-11,13-15,18H,5H2,1-4,6-7H3,(H,33,34)/b17-14+,31-24?/t18-,26+/m0/s1. The molecule has 0 radical (unpaired) electrons. The number of benzene rings is 1. The van der Waals surface area contributed by atoms with Gasteiger partial charge in [0.05, 0.1) is 20.3 Å². The van der Waals surface area contributed by atoms with Gasteiger partial charge in [-0.3, -0.25) is 14.3 Å². The highest BCUT2D eigenvalue weighted by molar-refractivity contribution is 7.93. The zero-order valence-corrected chi connectivity index (χ0v) is 23.7. The number of hydrogen-bond donors (Lipinski definition) is 1. The van der Waals surface area contributed by atoms with E-state index in [9.17, 15) is 8.42 Å². The second-order valence-electron chi connectivity index (χ2n) is 8.84. The van der Waals surface area contributed by atoms with Crippen LogP contribution < -0.4 is 14.2 Å². The lowest BCUT2D eigenvalue weighted by Crippen LogP contribution is -2.47. The fraction of sp³-hybridized carbons (Fsp3) is 0.308. The third kappa shape index (κ3) is 5.99. The topological polar surface area (TPSA) is 157 Å². The van der Waals surface area contributed by atoms with Crippen molar-refractivity contribution in [1.82, 2.24) is 19.7 Å². The Hall–Kier alpha value is -4.64. The lowest BCUT2D eigenvalue weighted by atomic mass is 10.0. The maximum Gasteiger partial charge on any atom is 0.243 e. The fourth-order valence-corrected chi connectivity index (χ4v) is 4.93. The molecule has 3 aromatic rings. The van der Waals surface area contributed by atoms with Crippen molar-refractivity contribution in [2.45, 2.75) is 38.6 Å². The molecule has 2 aromatic heterocycles. The molecule has 0 aliphatic heterocycles. The van der Waals surface area contributed by atoms with Gasteiger partial charge in [-0.25, -0.2) is 22.8 Å². The van der Waals surface area contributed by atoms with E-state index in [1.54, 1.807) is 36.7 Å². The number of methoxy groups -OCH3 is 2. The monoisotopic (exact) mass is 568 g/mol. The Morgan fingerprint density at radius 2 is 1.93 bits per heavy atom. The number of nitriles is 1. The number of sulfonamides is 1. The van der Waals surface area contributed by atoms with E-state index in [0.717, 1.165) is 25.6 Å². The van der Waals surface area contributed by atoms with Gasteiger partial charge in [0, 0.05) is 29.7 Å². The van der Waals surface area contributed by atoms with E-state index in [1.165, 1.54) is 25.7 Å². The number of aromatic nitrogens is 4. The number of aliphatic imine (C=N–C) groups is 2. The molecule has 0 bridgehead atoms. The molecule has 2 atom stereocenters. The van der Waals surface area contributed by atoms with Crippen LogP contribution in [-0.2, 0) is 10.0 Å². The molecule has 0 amide bonds. The van der Waals surface area contributed by atoms with Crippen LogP contribution in [0.25, 0.3) is 17.1 Å². The maximum absolute atomic E-state index is 16.0. The van der Waals surface area contributed by atoms with Gasteiger partial charge in [0.1, 0.15) is 22.4 Å². The molecule has 0 aliphatic rings. The van der Waals surface area contributed by atoms with E-state index >= 15 is 4.39 Å². The number of ether oxygens (including phenoxy) is 2. The van der Waals surface area contributed by atoms with Crippen LogP contribution in [0.3, 0.4) is 0 Å². The summed E-state index contributed by atoms with van der Waals surface area (Å²) in [5.74, 6) is 0.107. The average molecular weight is 569 g/mol. The second kappa shape index (κ2) is 12.0. The predicted molar refractivity (Wildman–Crippen MR) is 150 cm³/mol. The summed E-state index contributed by atoms with van der Waals surface area (Å²) in [7, 11) is -1.62. The molecule has 0 fully saturated rings. The lowest BCUT2D eigenvalue weighted by Gasteiger charge is -2.27. The van der Waals surface area contributed by atoms with E-state index in [0.29, 0.717) is 22.7 Å². The molecule has 0 saturated heterocycles. The maximum atomic E-state index is 16.0. The molecule has 1 N–H and O–H groups in total. The lowest BCUT2D eigenvalue weighted by molar-refractivity contribution is 0.275. The quantitative estimate of drug-likeness (QED) is 0.218. The summed E-state index contributed by atoms with van der Waals surface area (Å²) < 4.78 is 58.0. The van der Waals surface area contributed by atoms with Crippen LogP contribution in [-0.4, -0.2) is 65.9 Å². The summed E-state index contributed by atoms with van der Waals surface area (Å²) in [5, 5.41) is 15.5. The second-order valence-corrected chi connectivity index (χ2v) is 10.8. The van der Waals surface area contributed by atoms with Crippen LogP contribution in [0.5, 0.6) is 11.5 Å². The summed E-state index contributed by atoms with van der Waals surface area (Å²) >= 11 is 0. The molecule has 40 heavy (non-hydrogen) atoms. The van der Waals surface area contributed by atoms with Gasteiger partial charge in [-0.2, -0.15) is 5.26 Å². The number of allylic oxidation sites excluding steroid dienone is 1. The zero-order valence-electron chi connectivity index (χ0n) is 22.9. The molecule has 14 heteroatoms. The number of para-hydroxylation sites is 1. The number of amidine groups is 1. The minimum atomic E-state index is -4.52. The number of rotatable bonds is 10. The van der Waals surface area contributed by atoms with E-state index in [1.807, 2.05) is 13.0 Å². The molecular formula is C26H29FN8O4S. The van der Waals surface area contributed by atoms with Crippen molar-refractivity contribution in [3.8, 4) is 34.6 Å². The van der Waals surface area contributed by atoms with Crippen molar-refractivity contribution in [1.29, 1.82) is 5.26 Å². The number of anilines is 1. The number of halogens is 1. The van der Waals surface area contributed by atoms with Crippen LogP contribution in [0, 0.1) is 18.3 Å². The number of hydrogen-bond acceptors (Lipinski definition) is 9. The van der Waals surface area contributed by atoms with E-state index in [-0.39, 0.29) is 17.3 Å². The van der Waals surface area contributed by atoms with Gasteiger partial charge in [0.2, 0.25) is 16.0 Å². The highest BCUT2D eigenvalue weighted by atomic mass is 32.2. The molecule has 0 aliphatic carbocycles. The van der Waals surface area contributed by atoms with Crippen LogP contribution >= 0.6 is 0 Å². The summed E-state index contributed by atoms with van der Waals surface area (Å²) in [6.45, 7) is 8.77. The number of nitrogens with zero attached hydrogens (tertiary/aromatic N) is 7. The molecule has 3 rings (SSSR count). The Morgan fingerprint density at radius 1 is 1.27 bits per heavy atom. The highest BCUT2D eigenvalue weighted by Crippen LogP contribution is 2.38. The molecule has 210 valence electrons. The predicted octanol–water partition coefficient (Wildman–Crippen LogP) is 4.04. The molecule has 1 aromatic carbocycles. The highest BCUT2D eigenvalue weighted by Gasteiger charge is 2.45. The van der Waals surface area contributed by atoms with Crippen LogP contribution in [0.1, 0.15) is 26.3 Å². The van der Waals surface area contributed by atoms with Gasteiger partial charge >= 0.3 is 0 Å². The van der Waals surface area contributed by atoms with E-state index in [4.69, 9.17) is 14.7 Å². The number of alkyl halides is 1. The summed E-state index contributed by atoms with van der Waals surface area (Å²) in [5.41, 5.74) is -0.792. The Kier molecular flexibility index (Phi) is 9.00. The molecule has 0 saturated carbocycles. The molecule has 0 spiro atoms. The van der Waals surface area contributed by atoms with Gasteiger partial charge in [-0.05, 0) is 58.2 Å². The normalized spacial score (nSPS) is 14.6. The van der Waals surface area contributed by atoms with Crippen molar-refractivity contribution in [2.75, 3.05) is 18.9 Å². The third-order valence-electron chi connectivity index (χ3n) is 6.03. The first-order chi connectivity index (χ1) is 18.9. The Morgan fingerprint density at radius 3 is 2.48 bits per heavy atom. The average Bonchev–Trinajstić information content (AvgIpc) is 3.34. The summed E-state index contributed by atoms with van der Waals surface area (Å²) in [4.78, 5) is 11.6. The van der Waals surface area contributed by atoms with Gasteiger partial charge in [0.25, 0.3) is 0 Å². The first-order valence-corrected chi connectivity index (χ1v) is 13.4. The molecule has 2 heterocycles. The smallest absolute Gasteiger partial charge is 0.243 e. The van der Waals surface area contributed by atoms with Crippen molar-refractivity contribution >= 4 is 28.5 Å². The third-order valence-corrected chi connectivity index (χ3v) is 7.87. The van der Waals surface area contributed by atoms with E-state index in [2.05, 4.69) is 36.6 Å². The van der Waals surface area contributed by atoms with Crippen molar-refractivity contribution in [3.63, 3.8) is 0 Å². The van der Waals surface area contributed by atoms with Crippen molar-refractivity contribution in [2.24, 2.45) is 9.98 Å². The van der Waals surface area contributed by atoms with Gasteiger partial charge < -0.3 is 9.47 Å². The van der Waals surface area contributed by atoms with Gasteiger partial charge in [0.15, 0.2) is 17.3 Å². The number of nitrogens with one attached hydrogen (secondary N) is 1. The van der Waals surface area contributed by atoms with Crippen LogP contribution in [0.15, 0.2) is 58.4 Å². The molecular weight excluding hydrogens is 539 g/mol. The van der Waals surface area contributed by atoms with Crippen LogP contribution in [0.2, 0.25) is 0 Å². The van der Waals surface area contributed by atoms with E-state index < -0.39 is 26.8 Å². The minimum Gasteiger partial charge on any atom is -0.494 e.